The third-order valence-corrected chi connectivity index (χ3v) is 2.80. The fourth-order valence-corrected chi connectivity index (χ4v) is 1.80. The van der Waals surface area contributed by atoms with Gasteiger partial charge in [-0.15, -0.1) is 0 Å². The highest BCUT2D eigenvalue weighted by Gasteiger charge is 2.10. The maximum absolute atomic E-state index is 11.4. The van der Waals surface area contributed by atoms with E-state index in [0.29, 0.717) is 18.9 Å². The van der Waals surface area contributed by atoms with Gasteiger partial charge < -0.3 is 21.3 Å². The van der Waals surface area contributed by atoms with Crippen LogP contribution in [0.15, 0.2) is 0 Å². The predicted molar refractivity (Wildman–Crippen MR) is 67.4 cm³/mol. The van der Waals surface area contributed by atoms with E-state index in [1.54, 1.807) is 0 Å². The first-order valence-electron chi connectivity index (χ1n) is 6.39. The minimum atomic E-state index is -0.866. The molecule has 2 unspecified atom stereocenters. The second kappa shape index (κ2) is 10.5. The number of nitrogens with one attached hydrogen (secondary N) is 1. The van der Waals surface area contributed by atoms with Gasteiger partial charge in [0, 0.05) is 13.0 Å². The first-order valence-corrected chi connectivity index (χ1v) is 6.39. The van der Waals surface area contributed by atoms with Crippen molar-refractivity contribution in [2.75, 3.05) is 19.7 Å². The number of aliphatic hydroxyl groups is 2. The van der Waals surface area contributed by atoms with E-state index in [9.17, 15) is 4.79 Å². The first-order chi connectivity index (χ1) is 8.13. The van der Waals surface area contributed by atoms with Crippen LogP contribution < -0.4 is 11.1 Å². The molecule has 5 nitrogen and oxygen atoms in total. The number of carbonyl (C=O) groups is 1. The second-order valence-corrected chi connectivity index (χ2v) is 4.41. The average molecular weight is 246 g/mol. The summed E-state index contributed by atoms with van der Waals surface area (Å²) in [6, 6.07) is 0. The van der Waals surface area contributed by atoms with Crippen molar-refractivity contribution in [2.24, 2.45) is 11.7 Å². The summed E-state index contributed by atoms with van der Waals surface area (Å²) < 4.78 is 0. The van der Waals surface area contributed by atoms with Gasteiger partial charge in [-0.2, -0.15) is 0 Å². The fourth-order valence-electron chi connectivity index (χ4n) is 1.80. The lowest BCUT2D eigenvalue weighted by Crippen LogP contribution is -2.34. The van der Waals surface area contributed by atoms with Crippen LogP contribution in [0.1, 0.15) is 39.0 Å². The van der Waals surface area contributed by atoms with Crippen molar-refractivity contribution in [3.05, 3.63) is 0 Å². The van der Waals surface area contributed by atoms with E-state index in [4.69, 9.17) is 15.9 Å². The van der Waals surface area contributed by atoms with Gasteiger partial charge in [0.2, 0.25) is 5.91 Å². The van der Waals surface area contributed by atoms with E-state index in [1.807, 2.05) is 0 Å². The van der Waals surface area contributed by atoms with E-state index in [1.165, 1.54) is 0 Å². The number of amides is 1. The molecule has 0 spiro atoms. The Morgan fingerprint density at radius 1 is 1.35 bits per heavy atom. The Labute approximate surface area is 103 Å². The van der Waals surface area contributed by atoms with Gasteiger partial charge in [0.1, 0.15) is 0 Å². The van der Waals surface area contributed by atoms with Gasteiger partial charge in [-0.1, -0.05) is 19.8 Å². The topological polar surface area (TPSA) is 95.6 Å². The SMILES string of the molecule is CCCC(CCN)CCC(=O)NCC(O)CO. The van der Waals surface area contributed by atoms with Crippen LogP contribution in [0, 0.1) is 5.92 Å². The van der Waals surface area contributed by atoms with Crippen molar-refractivity contribution in [3.63, 3.8) is 0 Å². The number of carbonyl (C=O) groups excluding carboxylic acids is 1. The molecule has 1 amide bonds. The molecule has 5 heteroatoms. The normalized spacial score (nSPS) is 14.4. The summed E-state index contributed by atoms with van der Waals surface area (Å²) in [5, 5.41) is 20.3. The Balaban J connectivity index is 3.71. The van der Waals surface area contributed by atoms with Crippen molar-refractivity contribution >= 4 is 5.91 Å². The molecule has 0 aromatic heterocycles. The van der Waals surface area contributed by atoms with E-state index in [2.05, 4.69) is 12.2 Å². The van der Waals surface area contributed by atoms with Gasteiger partial charge in [-0.3, -0.25) is 4.79 Å². The molecule has 0 aliphatic carbocycles. The summed E-state index contributed by atoms with van der Waals surface area (Å²) in [7, 11) is 0. The Morgan fingerprint density at radius 3 is 2.59 bits per heavy atom. The minimum Gasteiger partial charge on any atom is -0.394 e. The molecule has 17 heavy (non-hydrogen) atoms. The van der Waals surface area contributed by atoms with Crippen LogP contribution in [0.4, 0.5) is 0 Å². The molecular formula is C12H26N2O3. The van der Waals surface area contributed by atoms with E-state index < -0.39 is 6.10 Å². The smallest absolute Gasteiger partial charge is 0.220 e. The fraction of sp³-hybridized carbons (Fsp3) is 0.917. The van der Waals surface area contributed by atoms with Crippen molar-refractivity contribution in [3.8, 4) is 0 Å². The molecule has 5 N–H and O–H groups in total. The molecule has 2 atom stereocenters. The summed E-state index contributed by atoms with van der Waals surface area (Å²) >= 11 is 0. The van der Waals surface area contributed by atoms with Crippen LogP contribution in [-0.4, -0.2) is 41.9 Å². The summed E-state index contributed by atoms with van der Waals surface area (Å²) in [6.07, 6.45) is 3.60. The highest BCUT2D eigenvalue weighted by Crippen LogP contribution is 2.16. The highest BCUT2D eigenvalue weighted by molar-refractivity contribution is 5.75. The maximum Gasteiger partial charge on any atom is 0.220 e. The lowest BCUT2D eigenvalue weighted by molar-refractivity contribution is -0.122. The van der Waals surface area contributed by atoms with E-state index in [-0.39, 0.29) is 19.1 Å². The van der Waals surface area contributed by atoms with Gasteiger partial charge in [-0.25, -0.2) is 0 Å². The first kappa shape index (κ1) is 16.4. The van der Waals surface area contributed by atoms with Gasteiger partial charge in [0.15, 0.2) is 0 Å². The van der Waals surface area contributed by atoms with Gasteiger partial charge in [0.05, 0.1) is 12.7 Å². The second-order valence-electron chi connectivity index (χ2n) is 4.41. The molecule has 102 valence electrons. The molecule has 0 aromatic carbocycles. The molecule has 0 fully saturated rings. The maximum atomic E-state index is 11.4. The molecule has 0 saturated heterocycles. The van der Waals surface area contributed by atoms with Crippen molar-refractivity contribution in [2.45, 2.75) is 45.1 Å². The van der Waals surface area contributed by atoms with Crippen LogP contribution in [-0.2, 0) is 4.79 Å². The predicted octanol–water partition coefficient (Wildman–Crippen LogP) is 0.00110. The molecule has 0 heterocycles. The molecule has 0 rings (SSSR count). The van der Waals surface area contributed by atoms with Gasteiger partial charge >= 0.3 is 0 Å². The zero-order valence-electron chi connectivity index (χ0n) is 10.7. The van der Waals surface area contributed by atoms with Crippen molar-refractivity contribution in [1.82, 2.24) is 5.32 Å². The quantitative estimate of drug-likeness (QED) is 0.436. The standard InChI is InChI=1S/C12H26N2O3/c1-2-3-10(6-7-13)4-5-12(17)14-8-11(16)9-15/h10-11,15-16H,2-9,13H2,1H3,(H,14,17). The molecule has 0 radical (unpaired) electrons. The summed E-state index contributed by atoms with van der Waals surface area (Å²) in [5.74, 6) is 0.439. The lowest BCUT2D eigenvalue weighted by atomic mass is 9.94. The third-order valence-electron chi connectivity index (χ3n) is 2.80. The zero-order valence-corrected chi connectivity index (χ0v) is 10.7. The van der Waals surface area contributed by atoms with Crippen LogP contribution in [0.25, 0.3) is 0 Å². The summed E-state index contributed by atoms with van der Waals surface area (Å²) in [4.78, 5) is 11.4. The monoisotopic (exact) mass is 246 g/mol. The lowest BCUT2D eigenvalue weighted by Gasteiger charge is -2.15. The van der Waals surface area contributed by atoms with Crippen molar-refractivity contribution in [1.29, 1.82) is 0 Å². The molecular weight excluding hydrogens is 220 g/mol. The average Bonchev–Trinajstić information content (AvgIpc) is 2.33. The molecule has 0 bridgehead atoms. The van der Waals surface area contributed by atoms with Crippen molar-refractivity contribution < 1.29 is 15.0 Å². The van der Waals surface area contributed by atoms with E-state index in [0.717, 1.165) is 25.7 Å². The number of rotatable bonds is 10. The number of hydrogen-bond donors (Lipinski definition) is 4. The molecule has 0 aliphatic rings. The largest absolute Gasteiger partial charge is 0.394 e. The van der Waals surface area contributed by atoms with E-state index >= 15 is 0 Å². The Bertz CT molecular complexity index is 194. The Morgan fingerprint density at radius 2 is 2.06 bits per heavy atom. The number of nitrogens with two attached hydrogens (primary N) is 1. The Kier molecular flexibility index (Phi) is 10.1. The van der Waals surface area contributed by atoms with Crippen LogP contribution in [0.5, 0.6) is 0 Å². The number of aliphatic hydroxyl groups excluding tert-OH is 2. The molecule has 0 saturated carbocycles. The van der Waals surface area contributed by atoms with Crippen LogP contribution in [0.3, 0.4) is 0 Å². The number of hydrogen-bond acceptors (Lipinski definition) is 4. The van der Waals surface area contributed by atoms with Gasteiger partial charge in [-0.05, 0) is 25.3 Å². The zero-order chi connectivity index (χ0) is 13.1. The summed E-state index contributed by atoms with van der Waals surface area (Å²) in [5.41, 5.74) is 5.52. The van der Waals surface area contributed by atoms with Crippen LogP contribution >= 0.6 is 0 Å². The summed E-state index contributed by atoms with van der Waals surface area (Å²) in [6.45, 7) is 2.58. The third kappa shape index (κ3) is 9.09. The van der Waals surface area contributed by atoms with Crippen LogP contribution in [0.2, 0.25) is 0 Å². The molecule has 0 aromatic rings. The molecule has 0 aliphatic heterocycles. The highest BCUT2D eigenvalue weighted by atomic mass is 16.3. The minimum absolute atomic E-state index is 0.0735. The van der Waals surface area contributed by atoms with Gasteiger partial charge in [0.25, 0.3) is 0 Å². The Hall–Kier alpha value is -0.650.